The van der Waals surface area contributed by atoms with Crippen LogP contribution < -0.4 is 9.80 Å². The van der Waals surface area contributed by atoms with E-state index in [4.69, 9.17) is 0 Å². The summed E-state index contributed by atoms with van der Waals surface area (Å²) in [6, 6.07) is 12.2. The van der Waals surface area contributed by atoms with E-state index in [-0.39, 0.29) is 6.04 Å². The van der Waals surface area contributed by atoms with Crippen molar-refractivity contribution < 1.29 is 10.0 Å². The van der Waals surface area contributed by atoms with Gasteiger partial charge in [-0.3, -0.25) is 4.98 Å². The van der Waals surface area contributed by atoms with E-state index in [0.717, 1.165) is 50.5 Å². The summed E-state index contributed by atoms with van der Waals surface area (Å²) in [6.07, 6.45) is 8.54. The zero-order valence-electron chi connectivity index (χ0n) is 17.1. The van der Waals surface area contributed by atoms with Crippen LogP contribution >= 0.6 is 0 Å². The predicted octanol–water partition coefficient (Wildman–Crippen LogP) is 1.38. The van der Waals surface area contributed by atoms with Crippen molar-refractivity contribution in [1.82, 2.24) is 25.2 Å². The number of anilines is 1. The first-order valence-corrected chi connectivity index (χ1v) is 10.9. The molecule has 0 bridgehead atoms. The predicted molar refractivity (Wildman–Crippen MR) is 112 cm³/mol. The number of nitrogens with one attached hydrogen (secondary N) is 1. The van der Waals surface area contributed by atoms with Crippen molar-refractivity contribution in [3.63, 3.8) is 0 Å². The molecule has 2 aromatic heterocycles. The molecule has 1 aromatic carbocycles. The molecular formula is C22H28N7O+. The topological polar surface area (TPSA) is 84.4 Å². The summed E-state index contributed by atoms with van der Waals surface area (Å²) in [5.41, 5.74) is 2.37. The van der Waals surface area contributed by atoms with Crippen molar-refractivity contribution in [3.05, 3.63) is 60.2 Å². The van der Waals surface area contributed by atoms with Crippen LogP contribution in [0.1, 0.15) is 49.2 Å². The Labute approximate surface area is 176 Å². The second-order valence-electron chi connectivity index (χ2n) is 8.30. The van der Waals surface area contributed by atoms with E-state index in [9.17, 15) is 5.11 Å². The van der Waals surface area contributed by atoms with E-state index in [0.29, 0.717) is 11.8 Å². The smallest absolute Gasteiger partial charge is 0.214 e. The molecule has 5 rings (SSSR count). The molecule has 1 aliphatic heterocycles. The lowest BCUT2D eigenvalue weighted by Gasteiger charge is -2.37. The SMILES string of the molecule is Oc1ccc(N2CC[NH+]([C@H](c3ccncc3)c3nnnn3C3CCCC3)CC2)cc1. The van der Waals surface area contributed by atoms with Crippen LogP contribution in [0.15, 0.2) is 48.8 Å². The fourth-order valence-electron chi connectivity index (χ4n) is 4.93. The summed E-state index contributed by atoms with van der Waals surface area (Å²) in [7, 11) is 0. The third-order valence-electron chi connectivity index (χ3n) is 6.52. The third kappa shape index (κ3) is 3.75. The quantitative estimate of drug-likeness (QED) is 0.666. The molecule has 0 unspecified atom stereocenters. The molecule has 1 saturated carbocycles. The van der Waals surface area contributed by atoms with Gasteiger partial charge in [0.2, 0.25) is 5.82 Å². The van der Waals surface area contributed by atoms with E-state index in [1.807, 2.05) is 24.5 Å². The van der Waals surface area contributed by atoms with Gasteiger partial charge >= 0.3 is 0 Å². The molecule has 2 aliphatic rings. The first-order valence-electron chi connectivity index (χ1n) is 10.9. The van der Waals surface area contributed by atoms with Gasteiger partial charge in [-0.05, 0) is 59.7 Å². The molecule has 3 aromatic rings. The maximum Gasteiger partial charge on any atom is 0.214 e. The molecule has 8 nitrogen and oxygen atoms in total. The number of phenols is 1. The number of pyridine rings is 1. The number of nitrogens with zero attached hydrogens (tertiary/aromatic N) is 6. The molecule has 1 atom stereocenters. The fourth-order valence-corrected chi connectivity index (χ4v) is 4.93. The van der Waals surface area contributed by atoms with Crippen molar-refractivity contribution in [2.45, 2.75) is 37.8 Å². The zero-order chi connectivity index (χ0) is 20.3. The summed E-state index contributed by atoms with van der Waals surface area (Å²) in [5.74, 6) is 1.28. The number of benzene rings is 1. The molecule has 3 heterocycles. The summed E-state index contributed by atoms with van der Waals surface area (Å²) >= 11 is 0. The number of rotatable bonds is 5. The molecule has 1 aliphatic carbocycles. The average molecular weight is 407 g/mol. The van der Waals surface area contributed by atoms with E-state index in [1.165, 1.54) is 23.3 Å². The number of aromatic hydroxyl groups is 1. The normalized spacial score (nSPS) is 19.3. The summed E-state index contributed by atoms with van der Waals surface area (Å²) in [6.45, 7) is 3.89. The second kappa shape index (κ2) is 8.39. The Hall–Kier alpha value is -3.00. The first kappa shape index (κ1) is 19.0. The van der Waals surface area contributed by atoms with E-state index in [2.05, 4.69) is 42.2 Å². The average Bonchev–Trinajstić information content (AvgIpc) is 3.48. The first-order chi connectivity index (χ1) is 14.8. The number of aromatic nitrogens is 5. The molecule has 0 amide bonds. The highest BCUT2D eigenvalue weighted by Crippen LogP contribution is 2.31. The fraction of sp³-hybridized carbons (Fsp3) is 0.455. The Morgan fingerprint density at radius 2 is 1.67 bits per heavy atom. The number of piperazine rings is 1. The Morgan fingerprint density at radius 1 is 0.967 bits per heavy atom. The molecule has 0 radical (unpaired) electrons. The molecule has 2 N–H and O–H groups in total. The van der Waals surface area contributed by atoms with Crippen molar-refractivity contribution in [2.24, 2.45) is 0 Å². The molecule has 2 fully saturated rings. The largest absolute Gasteiger partial charge is 0.508 e. The summed E-state index contributed by atoms with van der Waals surface area (Å²) in [4.78, 5) is 8.08. The minimum absolute atomic E-state index is 0.102. The van der Waals surface area contributed by atoms with Crippen LogP contribution in [-0.4, -0.2) is 56.5 Å². The van der Waals surface area contributed by atoms with E-state index in [1.54, 1.807) is 12.1 Å². The number of quaternary nitrogens is 1. The summed E-state index contributed by atoms with van der Waals surface area (Å²) in [5, 5.41) is 22.6. The monoisotopic (exact) mass is 406 g/mol. The zero-order valence-corrected chi connectivity index (χ0v) is 17.1. The van der Waals surface area contributed by atoms with E-state index < -0.39 is 0 Å². The van der Waals surface area contributed by atoms with Gasteiger partial charge in [0.25, 0.3) is 0 Å². The van der Waals surface area contributed by atoms with Gasteiger partial charge in [0.1, 0.15) is 5.75 Å². The lowest BCUT2D eigenvalue weighted by molar-refractivity contribution is -0.927. The van der Waals surface area contributed by atoms with Gasteiger partial charge in [-0.1, -0.05) is 12.8 Å². The minimum atomic E-state index is 0.102. The Balaban J connectivity index is 1.40. The third-order valence-corrected chi connectivity index (χ3v) is 6.52. The minimum Gasteiger partial charge on any atom is -0.508 e. The van der Waals surface area contributed by atoms with Crippen LogP contribution in [-0.2, 0) is 0 Å². The van der Waals surface area contributed by atoms with Crippen molar-refractivity contribution in [2.75, 3.05) is 31.1 Å². The highest BCUT2D eigenvalue weighted by molar-refractivity contribution is 5.48. The lowest BCUT2D eigenvalue weighted by Crippen LogP contribution is -3.15. The van der Waals surface area contributed by atoms with Crippen molar-refractivity contribution in [1.29, 1.82) is 0 Å². The van der Waals surface area contributed by atoms with Gasteiger partial charge in [0.05, 0.1) is 32.2 Å². The Kier molecular flexibility index (Phi) is 5.31. The van der Waals surface area contributed by atoms with Crippen molar-refractivity contribution in [3.8, 4) is 5.75 Å². The number of hydrogen-bond donors (Lipinski definition) is 2. The van der Waals surface area contributed by atoms with Crippen LogP contribution in [0.4, 0.5) is 5.69 Å². The van der Waals surface area contributed by atoms with Crippen LogP contribution in [0.3, 0.4) is 0 Å². The molecular weight excluding hydrogens is 378 g/mol. The molecule has 1 saturated heterocycles. The van der Waals surface area contributed by atoms with Gasteiger partial charge in [-0.2, -0.15) is 0 Å². The molecule has 30 heavy (non-hydrogen) atoms. The number of hydrogen-bond acceptors (Lipinski definition) is 6. The van der Waals surface area contributed by atoms with Crippen LogP contribution in [0.5, 0.6) is 5.75 Å². The lowest BCUT2D eigenvalue weighted by atomic mass is 10.0. The second-order valence-corrected chi connectivity index (χ2v) is 8.30. The van der Waals surface area contributed by atoms with Gasteiger partial charge in [0.15, 0.2) is 6.04 Å². The van der Waals surface area contributed by atoms with Crippen LogP contribution in [0.25, 0.3) is 0 Å². The van der Waals surface area contributed by atoms with Gasteiger partial charge < -0.3 is 14.9 Å². The maximum absolute atomic E-state index is 9.57. The highest BCUT2D eigenvalue weighted by Gasteiger charge is 2.36. The Morgan fingerprint density at radius 3 is 2.37 bits per heavy atom. The number of phenolic OH excluding ortho intramolecular Hbond substituents is 1. The molecule has 156 valence electrons. The molecule has 0 spiro atoms. The van der Waals surface area contributed by atoms with E-state index >= 15 is 0 Å². The van der Waals surface area contributed by atoms with Gasteiger partial charge in [-0.25, -0.2) is 4.68 Å². The standard InChI is InChI=1S/C22H27N7O/c30-20-7-5-18(6-8-20)27-13-15-28(16-14-27)21(17-9-11-23-12-10-17)22-24-25-26-29(22)19-3-1-2-4-19/h5-12,19,21,30H,1-4,13-16H2/p+1/t21-/m1/s1. The van der Waals surface area contributed by atoms with Crippen LogP contribution in [0, 0.1) is 0 Å². The van der Waals surface area contributed by atoms with Gasteiger partial charge in [0, 0.05) is 23.6 Å². The Bertz CT molecular complexity index is 945. The summed E-state index contributed by atoms with van der Waals surface area (Å²) < 4.78 is 2.09. The number of tetrazole rings is 1. The van der Waals surface area contributed by atoms with Crippen LogP contribution in [0.2, 0.25) is 0 Å². The molecule has 8 heteroatoms. The van der Waals surface area contributed by atoms with Crippen molar-refractivity contribution >= 4 is 5.69 Å². The van der Waals surface area contributed by atoms with Gasteiger partial charge in [-0.15, -0.1) is 5.10 Å². The highest BCUT2D eigenvalue weighted by atomic mass is 16.3. The maximum atomic E-state index is 9.57.